The van der Waals surface area contributed by atoms with Crippen LogP contribution in [0, 0.1) is 0 Å². The van der Waals surface area contributed by atoms with Crippen LogP contribution < -0.4 is 5.32 Å². The Bertz CT molecular complexity index is 1760. The molecule has 0 atom stereocenters. The van der Waals surface area contributed by atoms with Crippen LogP contribution in [0.2, 0.25) is 5.02 Å². The highest BCUT2D eigenvalue weighted by molar-refractivity contribution is 6.33. The first-order chi connectivity index (χ1) is 20.1. The molecule has 1 amide bonds. The monoisotopic (exact) mass is 626 g/mol. The smallest absolute Gasteiger partial charge is 0.475 e. The molecule has 3 N–H and O–H groups in total. The summed E-state index contributed by atoms with van der Waals surface area (Å²) < 4.78 is 65.4. The van der Waals surface area contributed by atoms with Gasteiger partial charge in [-0.1, -0.05) is 41.9 Å². The number of hydrogen-bond donors (Lipinski definition) is 3. The molecule has 0 spiro atoms. The molecular formula is C27H17ClF6N4O5. The number of alkyl halides is 6. The molecule has 0 fully saturated rings. The van der Waals surface area contributed by atoms with E-state index in [2.05, 4.69) is 15.3 Å². The number of carboxylic acids is 2. The van der Waals surface area contributed by atoms with Crippen molar-refractivity contribution in [2.75, 3.05) is 5.32 Å². The topological polar surface area (TPSA) is 134 Å². The Morgan fingerprint density at radius 3 is 2.02 bits per heavy atom. The van der Waals surface area contributed by atoms with Crippen LogP contribution in [0.3, 0.4) is 0 Å². The number of fused-ring (bicyclic) bond motifs is 2. The molecule has 224 valence electrons. The zero-order valence-electron chi connectivity index (χ0n) is 21.2. The maximum atomic E-state index is 13.2. The van der Waals surface area contributed by atoms with Crippen molar-refractivity contribution in [3.8, 4) is 11.4 Å². The lowest BCUT2D eigenvalue weighted by molar-refractivity contribution is -0.193. The zero-order chi connectivity index (χ0) is 31.9. The predicted octanol–water partition coefficient (Wildman–Crippen LogP) is 6.72. The quantitative estimate of drug-likeness (QED) is 0.189. The third-order valence-electron chi connectivity index (χ3n) is 5.29. The van der Waals surface area contributed by atoms with E-state index in [1.165, 1.54) is 0 Å². The number of carboxylic acid groups (broad SMARTS) is 2. The number of aromatic nitrogens is 3. The SMILES string of the molecule is O=C(Nc1cccc2cnccc12)c1nc(-c2ccccc2Cl)n2ccccc12.O=C(O)C(F)(F)F.O=C(O)C(F)(F)F. The van der Waals surface area contributed by atoms with Crippen LogP contribution in [-0.2, 0) is 9.59 Å². The minimum Gasteiger partial charge on any atom is -0.475 e. The van der Waals surface area contributed by atoms with Gasteiger partial charge in [-0.25, -0.2) is 14.6 Å². The number of rotatable bonds is 3. The van der Waals surface area contributed by atoms with Crippen LogP contribution in [0.15, 0.2) is 85.3 Å². The van der Waals surface area contributed by atoms with Crippen molar-refractivity contribution in [2.45, 2.75) is 12.4 Å². The average Bonchev–Trinajstić information content (AvgIpc) is 3.33. The second-order valence-electron chi connectivity index (χ2n) is 8.18. The first kappa shape index (κ1) is 32.3. The van der Waals surface area contributed by atoms with E-state index in [9.17, 15) is 31.1 Å². The number of benzene rings is 2. The fourth-order valence-corrected chi connectivity index (χ4v) is 3.67. The third-order valence-corrected chi connectivity index (χ3v) is 5.62. The molecule has 0 saturated carbocycles. The number of carbonyl (C=O) groups excluding carboxylic acids is 1. The van der Waals surface area contributed by atoms with Gasteiger partial charge in [-0.3, -0.25) is 14.2 Å². The van der Waals surface area contributed by atoms with Gasteiger partial charge in [-0.15, -0.1) is 0 Å². The van der Waals surface area contributed by atoms with Gasteiger partial charge in [0.25, 0.3) is 5.91 Å². The summed E-state index contributed by atoms with van der Waals surface area (Å²) >= 11 is 6.38. The van der Waals surface area contributed by atoms with Gasteiger partial charge in [0.05, 0.1) is 10.5 Å². The number of hydrogen-bond acceptors (Lipinski definition) is 5. The Kier molecular flexibility index (Phi) is 9.93. The molecule has 0 aliphatic carbocycles. The fraction of sp³-hybridized carbons (Fsp3) is 0.0741. The second-order valence-corrected chi connectivity index (χ2v) is 8.59. The Morgan fingerprint density at radius 1 is 0.814 bits per heavy atom. The number of imidazole rings is 1. The van der Waals surface area contributed by atoms with Crippen molar-refractivity contribution in [1.29, 1.82) is 0 Å². The third kappa shape index (κ3) is 8.19. The fourth-order valence-electron chi connectivity index (χ4n) is 3.45. The minimum absolute atomic E-state index is 0.281. The van der Waals surface area contributed by atoms with Crippen LogP contribution >= 0.6 is 11.6 Å². The molecule has 5 aromatic rings. The molecule has 3 aromatic heterocycles. The molecule has 43 heavy (non-hydrogen) atoms. The molecule has 0 aliphatic heterocycles. The van der Waals surface area contributed by atoms with Gasteiger partial charge < -0.3 is 15.5 Å². The Hall–Kier alpha value is -5.18. The normalized spacial score (nSPS) is 11.1. The Labute approximate surface area is 242 Å². The molecule has 2 aromatic carbocycles. The van der Waals surface area contributed by atoms with Crippen LogP contribution in [0.25, 0.3) is 27.7 Å². The van der Waals surface area contributed by atoms with Gasteiger partial charge in [0.2, 0.25) is 0 Å². The van der Waals surface area contributed by atoms with Crippen molar-refractivity contribution in [3.63, 3.8) is 0 Å². The average molecular weight is 627 g/mol. The number of halogens is 7. The maximum absolute atomic E-state index is 13.2. The van der Waals surface area contributed by atoms with E-state index in [4.69, 9.17) is 31.4 Å². The summed E-state index contributed by atoms with van der Waals surface area (Å²) in [5.74, 6) is -5.17. The van der Waals surface area contributed by atoms with E-state index in [0.717, 1.165) is 16.3 Å². The lowest BCUT2D eigenvalue weighted by Gasteiger charge is -2.07. The number of nitrogens with zero attached hydrogens (tertiary/aromatic N) is 3. The van der Waals surface area contributed by atoms with E-state index < -0.39 is 24.3 Å². The molecule has 3 heterocycles. The van der Waals surface area contributed by atoms with Gasteiger partial charge in [0.15, 0.2) is 5.69 Å². The van der Waals surface area contributed by atoms with Crippen LogP contribution in [0.1, 0.15) is 10.5 Å². The first-order valence-electron chi connectivity index (χ1n) is 11.6. The van der Waals surface area contributed by atoms with Gasteiger partial charge in [0, 0.05) is 40.6 Å². The van der Waals surface area contributed by atoms with Gasteiger partial charge in [-0.2, -0.15) is 26.3 Å². The summed E-state index contributed by atoms with van der Waals surface area (Å²) in [7, 11) is 0. The van der Waals surface area contributed by atoms with E-state index in [1.807, 2.05) is 77.3 Å². The highest BCUT2D eigenvalue weighted by Crippen LogP contribution is 2.30. The van der Waals surface area contributed by atoms with E-state index >= 15 is 0 Å². The van der Waals surface area contributed by atoms with Crippen molar-refractivity contribution >= 4 is 51.4 Å². The molecule has 0 saturated heterocycles. The molecule has 0 bridgehead atoms. The van der Waals surface area contributed by atoms with Crippen molar-refractivity contribution < 1.29 is 50.9 Å². The van der Waals surface area contributed by atoms with Crippen LogP contribution in [-0.4, -0.2) is 54.8 Å². The lowest BCUT2D eigenvalue weighted by Crippen LogP contribution is -2.21. The number of nitrogens with one attached hydrogen (secondary N) is 1. The maximum Gasteiger partial charge on any atom is 0.490 e. The van der Waals surface area contributed by atoms with Gasteiger partial charge in [0.1, 0.15) is 5.82 Å². The Balaban J connectivity index is 0.000000303. The zero-order valence-corrected chi connectivity index (χ0v) is 21.9. The molecule has 9 nitrogen and oxygen atoms in total. The molecule has 16 heteroatoms. The number of aliphatic carboxylic acids is 2. The summed E-state index contributed by atoms with van der Waals surface area (Å²) in [4.78, 5) is 39.7. The highest BCUT2D eigenvalue weighted by Gasteiger charge is 2.38. The van der Waals surface area contributed by atoms with Gasteiger partial charge in [-0.05, 0) is 36.4 Å². The number of carbonyl (C=O) groups is 3. The van der Waals surface area contributed by atoms with E-state index in [1.54, 1.807) is 12.4 Å². The largest absolute Gasteiger partial charge is 0.490 e. The van der Waals surface area contributed by atoms with Crippen molar-refractivity contribution in [3.05, 3.63) is 96.0 Å². The molecule has 5 rings (SSSR count). The molecular weight excluding hydrogens is 610 g/mol. The van der Waals surface area contributed by atoms with Crippen LogP contribution in [0.4, 0.5) is 32.0 Å². The first-order valence-corrected chi connectivity index (χ1v) is 12.0. The van der Waals surface area contributed by atoms with Crippen LogP contribution in [0.5, 0.6) is 0 Å². The van der Waals surface area contributed by atoms with E-state index in [-0.39, 0.29) is 5.91 Å². The summed E-state index contributed by atoms with van der Waals surface area (Å²) in [6.45, 7) is 0. The van der Waals surface area contributed by atoms with Crippen molar-refractivity contribution in [1.82, 2.24) is 14.4 Å². The number of anilines is 1. The Morgan fingerprint density at radius 2 is 1.42 bits per heavy atom. The molecule has 0 unspecified atom stereocenters. The minimum atomic E-state index is -5.08. The number of pyridine rings is 2. The molecule has 0 radical (unpaired) electrons. The standard InChI is InChI=1S/C23H15ClN4O.2C2HF3O2/c24-18-8-2-1-7-17(18)22-27-21(20-10-3-4-13-28(20)22)23(29)26-19-9-5-6-15-14-25-12-11-16(15)19;2*3-2(4,5)1(6)7/h1-14H,(H,26,29);2*(H,6,7). The number of amides is 1. The summed E-state index contributed by atoms with van der Waals surface area (Å²) in [5.41, 5.74) is 2.53. The lowest BCUT2D eigenvalue weighted by atomic mass is 10.1. The summed E-state index contributed by atoms with van der Waals surface area (Å²) in [6, 6.07) is 20.7. The summed E-state index contributed by atoms with van der Waals surface area (Å²) in [6.07, 6.45) is -4.81. The second kappa shape index (κ2) is 13.2. The van der Waals surface area contributed by atoms with Gasteiger partial charge >= 0.3 is 24.3 Å². The predicted molar refractivity (Wildman–Crippen MR) is 143 cm³/mol. The highest BCUT2D eigenvalue weighted by atomic mass is 35.5. The molecule has 0 aliphatic rings. The van der Waals surface area contributed by atoms with E-state index in [0.29, 0.717) is 27.7 Å². The van der Waals surface area contributed by atoms with Crippen molar-refractivity contribution in [2.24, 2.45) is 0 Å². The summed E-state index contributed by atoms with van der Waals surface area (Å²) in [5, 5.41) is 19.7.